The molecule has 9 nitrogen and oxygen atoms in total. The van der Waals surface area contributed by atoms with Gasteiger partial charge in [0.25, 0.3) is 0 Å². The maximum Gasteiger partial charge on any atom is 0.244 e. The fourth-order valence-corrected chi connectivity index (χ4v) is 5.02. The molecule has 2 heterocycles. The lowest BCUT2D eigenvalue weighted by Crippen LogP contribution is -2.45. The van der Waals surface area contributed by atoms with Crippen LogP contribution < -0.4 is 19.5 Å². The number of anilines is 1. The van der Waals surface area contributed by atoms with Gasteiger partial charge in [-0.05, 0) is 30.5 Å². The maximum atomic E-state index is 13.1. The summed E-state index contributed by atoms with van der Waals surface area (Å²) >= 11 is 1.25. The minimum atomic E-state index is -4.03. The number of nitrogens with zero attached hydrogens (tertiary/aromatic N) is 2. The van der Waals surface area contributed by atoms with Gasteiger partial charge in [-0.15, -0.1) is 10.2 Å². The maximum absolute atomic E-state index is 13.1. The summed E-state index contributed by atoms with van der Waals surface area (Å²) in [4.78, 5) is 13.0. The Morgan fingerprint density at radius 2 is 1.84 bits per heavy atom. The molecule has 2 N–H and O–H groups in total. The van der Waals surface area contributed by atoms with Gasteiger partial charge in [0.15, 0.2) is 11.5 Å². The summed E-state index contributed by atoms with van der Waals surface area (Å²) in [6, 6.07) is 12.5. The van der Waals surface area contributed by atoms with Crippen LogP contribution in [0.1, 0.15) is 17.5 Å². The van der Waals surface area contributed by atoms with E-state index in [-0.39, 0.29) is 11.3 Å². The Morgan fingerprint density at radius 3 is 2.56 bits per heavy atom. The topological polar surface area (TPSA) is 120 Å². The van der Waals surface area contributed by atoms with Gasteiger partial charge in [0.1, 0.15) is 24.3 Å². The highest BCUT2D eigenvalue weighted by Crippen LogP contribution is 2.32. The number of carbonyl (C=O) groups excluding carboxylic acids is 1. The van der Waals surface area contributed by atoms with Crippen molar-refractivity contribution < 1.29 is 22.7 Å². The van der Waals surface area contributed by atoms with Crippen LogP contribution in [-0.2, 0) is 27.7 Å². The van der Waals surface area contributed by atoms with Crippen LogP contribution in [0.2, 0.25) is 0 Å². The summed E-state index contributed by atoms with van der Waals surface area (Å²) in [6.07, 6.45) is 0.855. The van der Waals surface area contributed by atoms with Crippen molar-refractivity contribution in [1.29, 1.82) is 0 Å². The highest BCUT2D eigenvalue weighted by Gasteiger charge is 2.28. The molecular formula is C21H22N4O5S2. The molecule has 2 aromatic carbocycles. The van der Waals surface area contributed by atoms with E-state index in [0.717, 1.165) is 10.6 Å². The lowest BCUT2D eigenvalue weighted by molar-refractivity contribution is -0.117. The standard InChI is InChI=1S/C21H22N4O5S2/c1-2-19-23-24-21(31-19)22-20(26)16(12-14-6-4-3-5-7-14)25-32(27,28)15-8-9-17-18(13-15)30-11-10-29-17/h3-9,13,16,25H,2,10-12H2,1H3,(H,22,24,26)/t16-/m1/s1. The number of hydrogen-bond acceptors (Lipinski definition) is 8. The van der Waals surface area contributed by atoms with Crippen LogP contribution in [-0.4, -0.2) is 43.8 Å². The number of ether oxygens (including phenoxy) is 2. The molecule has 0 unspecified atom stereocenters. The Morgan fingerprint density at radius 1 is 1.09 bits per heavy atom. The first-order chi connectivity index (χ1) is 15.4. The van der Waals surface area contributed by atoms with Gasteiger partial charge in [-0.2, -0.15) is 4.72 Å². The van der Waals surface area contributed by atoms with E-state index in [1.165, 1.54) is 23.5 Å². The Hall–Kier alpha value is -3.02. The van der Waals surface area contributed by atoms with Gasteiger partial charge >= 0.3 is 0 Å². The number of fused-ring (bicyclic) bond motifs is 1. The Labute approximate surface area is 189 Å². The lowest BCUT2D eigenvalue weighted by Gasteiger charge is -2.20. The van der Waals surface area contributed by atoms with Crippen molar-refractivity contribution in [3.8, 4) is 11.5 Å². The normalized spacial score (nSPS) is 14.0. The van der Waals surface area contributed by atoms with Crippen LogP contribution in [0.4, 0.5) is 5.13 Å². The molecule has 1 aliphatic heterocycles. The highest BCUT2D eigenvalue weighted by molar-refractivity contribution is 7.89. The number of benzene rings is 2. The highest BCUT2D eigenvalue weighted by atomic mass is 32.2. The van der Waals surface area contributed by atoms with Gasteiger partial charge in [0.2, 0.25) is 21.1 Å². The third-order valence-electron chi connectivity index (χ3n) is 4.72. The molecule has 1 amide bonds. The molecule has 1 aliphatic rings. The van der Waals surface area contributed by atoms with Crippen molar-refractivity contribution in [3.05, 3.63) is 59.1 Å². The summed E-state index contributed by atoms with van der Waals surface area (Å²) in [7, 11) is -4.03. The summed E-state index contributed by atoms with van der Waals surface area (Å²) in [6.45, 7) is 2.68. The Kier molecular flexibility index (Phi) is 6.68. The first-order valence-electron chi connectivity index (χ1n) is 10.0. The third kappa shape index (κ3) is 5.23. The van der Waals surface area contributed by atoms with Crippen molar-refractivity contribution in [2.45, 2.75) is 30.7 Å². The molecule has 11 heteroatoms. The van der Waals surface area contributed by atoms with E-state index in [0.29, 0.717) is 36.3 Å². The van der Waals surface area contributed by atoms with Gasteiger partial charge in [-0.1, -0.05) is 48.6 Å². The second-order valence-corrected chi connectivity index (χ2v) is 9.79. The molecule has 3 aromatic rings. The summed E-state index contributed by atoms with van der Waals surface area (Å²) in [5, 5.41) is 11.7. The quantitative estimate of drug-likeness (QED) is 0.514. The number of sulfonamides is 1. The van der Waals surface area contributed by atoms with Gasteiger partial charge < -0.3 is 9.47 Å². The number of aryl methyl sites for hydroxylation is 1. The van der Waals surface area contributed by atoms with E-state index in [4.69, 9.17) is 9.47 Å². The molecule has 0 aliphatic carbocycles. The average molecular weight is 475 g/mol. The number of aromatic nitrogens is 2. The predicted molar refractivity (Wildman–Crippen MR) is 120 cm³/mol. The van der Waals surface area contributed by atoms with E-state index in [2.05, 4.69) is 20.2 Å². The van der Waals surface area contributed by atoms with Crippen LogP contribution in [0.15, 0.2) is 53.4 Å². The lowest BCUT2D eigenvalue weighted by atomic mass is 10.1. The van der Waals surface area contributed by atoms with Crippen molar-refractivity contribution >= 4 is 32.4 Å². The minimum Gasteiger partial charge on any atom is -0.486 e. The Bertz CT molecular complexity index is 1200. The van der Waals surface area contributed by atoms with E-state index in [1.54, 1.807) is 6.07 Å². The SMILES string of the molecule is CCc1nnc(NC(=O)[C@@H](Cc2ccccc2)NS(=O)(=O)c2ccc3c(c2)OCCO3)s1. The van der Waals surface area contributed by atoms with Gasteiger partial charge in [-0.25, -0.2) is 8.42 Å². The van der Waals surface area contributed by atoms with Crippen molar-refractivity contribution in [2.75, 3.05) is 18.5 Å². The number of rotatable bonds is 8. The number of carbonyl (C=O) groups is 1. The molecule has 0 radical (unpaired) electrons. The largest absolute Gasteiger partial charge is 0.486 e. The predicted octanol–water partition coefficient (Wildman–Crippen LogP) is 2.40. The average Bonchev–Trinajstić information content (AvgIpc) is 3.26. The first-order valence-corrected chi connectivity index (χ1v) is 12.3. The van der Waals surface area contributed by atoms with Gasteiger partial charge in [-0.3, -0.25) is 10.1 Å². The molecule has 1 aromatic heterocycles. The molecule has 0 saturated heterocycles. The van der Waals surface area contributed by atoms with Crippen LogP contribution in [0.3, 0.4) is 0 Å². The van der Waals surface area contributed by atoms with E-state index in [1.807, 2.05) is 37.3 Å². The molecule has 1 atom stereocenters. The van der Waals surface area contributed by atoms with E-state index >= 15 is 0 Å². The van der Waals surface area contributed by atoms with Crippen molar-refractivity contribution in [2.24, 2.45) is 0 Å². The third-order valence-corrected chi connectivity index (χ3v) is 7.17. The van der Waals surface area contributed by atoms with Gasteiger partial charge in [0, 0.05) is 6.07 Å². The van der Waals surface area contributed by atoms with Crippen LogP contribution in [0.25, 0.3) is 0 Å². The number of amides is 1. The van der Waals surface area contributed by atoms with Gasteiger partial charge in [0.05, 0.1) is 4.90 Å². The fourth-order valence-electron chi connectivity index (χ4n) is 3.12. The van der Waals surface area contributed by atoms with Crippen LogP contribution in [0, 0.1) is 0 Å². The second kappa shape index (κ2) is 9.63. The molecule has 0 spiro atoms. The first kappa shape index (κ1) is 22.2. The summed E-state index contributed by atoms with van der Waals surface area (Å²) in [5.41, 5.74) is 0.809. The molecule has 4 rings (SSSR count). The zero-order valence-corrected chi connectivity index (χ0v) is 18.9. The Balaban J connectivity index is 1.58. The molecule has 0 bridgehead atoms. The zero-order valence-electron chi connectivity index (χ0n) is 17.3. The van der Waals surface area contributed by atoms with E-state index in [9.17, 15) is 13.2 Å². The van der Waals surface area contributed by atoms with Crippen LogP contribution >= 0.6 is 11.3 Å². The fraction of sp³-hybridized carbons (Fsp3) is 0.286. The zero-order chi connectivity index (χ0) is 22.6. The molecule has 0 fully saturated rings. The number of nitrogens with one attached hydrogen (secondary N) is 2. The van der Waals surface area contributed by atoms with Crippen molar-refractivity contribution in [3.63, 3.8) is 0 Å². The smallest absolute Gasteiger partial charge is 0.244 e. The molecule has 32 heavy (non-hydrogen) atoms. The summed E-state index contributed by atoms with van der Waals surface area (Å²) in [5.74, 6) is 0.315. The molecule has 168 valence electrons. The van der Waals surface area contributed by atoms with Crippen molar-refractivity contribution in [1.82, 2.24) is 14.9 Å². The monoisotopic (exact) mass is 474 g/mol. The molecular weight excluding hydrogens is 452 g/mol. The van der Waals surface area contributed by atoms with Crippen LogP contribution in [0.5, 0.6) is 11.5 Å². The molecule has 0 saturated carbocycles. The minimum absolute atomic E-state index is 0.0169. The van der Waals surface area contributed by atoms with E-state index < -0.39 is 22.0 Å². The second-order valence-electron chi connectivity index (χ2n) is 7.01. The number of hydrogen-bond donors (Lipinski definition) is 2. The summed E-state index contributed by atoms with van der Waals surface area (Å²) < 4.78 is 39.7.